The average Bonchev–Trinajstić information content (AvgIpc) is 2.47. The summed E-state index contributed by atoms with van der Waals surface area (Å²) in [5, 5.41) is 17.2. The van der Waals surface area contributed by atoms with Gasteiger partial charge in [0.15, 0.2) is 0 Å². The minimum Gasteiger partial charge on any atom is -0.468 e. The third kappa shape index (κ3) is 3.96. The number of benzene rings is 1. The molecule has 0 radical (unpaired) electrons. The maximum Gasteiger partial charge on any atom is 0.503 e. The molecule has 1 aromatic carbocycles. The van der Waals surface area contributed by atoms with Gasteiger partial charge in [0, 0.05) is 0 Å². The highest BCUT2D eigenvalue weighted by atomic mass is 16.6. The molecule has 0 unspecified atom stereocenters. The van der Waals surface area contributed by atoms with E-state index in [9.17, 15) is 4.79 Å². The Morgan fingerprint density at radius 1 is 1.15 bits per heavy atom. The lowest BCUT2D eigenvalue weighted by Gasteiger charge is -2.35. The van der Waals surface area contributed by atoms with Crippen LogP contribution in [-0.2, 0) is 14.9 Å². The highest BCUT2D eigenvalue weighted by molar-refractivity contribution is 5.83. The van der Waals surface area contributed by atoms with Crippen molar-refractivity contribution in [1.82, 2.24) is 5.32 Å². The Morgan fingerprint density at radius 3 is 2.10 bits per heavy atom. The van der Waals surface area contributed by atoms with Gasteiger partial charge in [0.2, 0.25) is 0 Å². The molecule has 1 heterocycles. The van der Waals surface area contributed by atoms with E-state index in [1.54, 1.807) is 0 Å². The van der Waals surface area contributed by atoms with Crippen molar-refractivity contribution in [2.24, 2.45) is 0 Å². The molecule has 2 rings (SSSR count). The maximum atomic E-state index is 12.0. The fourth-order valence-electron chi connectivity index (χ4n) is 2.42. The van der Waals surface area contributed by atoms with Crippen LogP contribution in [0, 0.1) is 0 Å². The lowest BCUT2D eigenvalue weighted by molar-refractivity contribution is -0.148. The van der Waals surface area contributed by atoms with Crippen molar-refractivity contribution in [3.05, 3.63) is 35.9 Å². The number of nitrogens with one attached hydrogen (secondary N) is 1. The lowest BCUT2D eigenvalue weighted by Crippen LogP contribution is -2.46. The summed E-state index contributed by atoms with van der Waals surface area (Å²) in [7, 11) is 1.47. The number of ether oxygens (including phenoxy) is 1. The summed E-state index contributed by atoms with van der Waals surface area (Å²) < 4.78 is 4.98. The Labute approximate surface area is 117 Å². The topological polar surface area (TPSA) is 95.9 Å². The van der Waals surface area contributed by atoms with Crippen LogP contribution in [0.4, 0.5) is 4.79 Å². The number of methoxy groups -OCH3 is 1. The Bertz CT molecular complexity index is 436. The molecule has 0 spiro atoms. The van der Waals surface area contributed by atoms with Gasteiger partial charge in [-0.25, -0.2) is 4.79 Å². The summed E-state index contributed by atoms with van der Waals surface area (Å²) in [5.41, 5.74) is 0.629. The van der Waals surface area contributed by atoms with E-state index in [-0.39, 0.29) is 5.97 Å². The van der Waals surface area contributed by atoms with E-state index >= 15 is 0 Å². The first-order valence-corrected chi connectivity index (χ1v) is 6.29. The molecule has 110 valence electrons. The first-order valence-electron chi connectivity index (χ1n) is 6.29. The normalized spacial score (nSPS) is 16.4. The molecule has 20 heavy (non-hydrogen) atoms. The number of carbonyl (C=O) groups is 2. The van der Waals surface area contributed by atoms with Crippen LogP contribution in [0.15, 0.2) is 30.3 Å². The average molecular weight is 281 g/mol. The maximum absolute atomic E-state index is 12.0. The molecule has 0 atom stereocenters. The number of carbonyl (C=O) groups excluding carboxylic acids is 1. The highest BCUT2D eigenvalue weighted by Gasteiger charge is 2.42. The van der Waals surface area contributed by atoms with E-state index in [4.69, 9.17) is 19.7 Å². The van der Waals surface area contributed by atoms with Gasteiger partial charge >= 0.3 is 12.1 Å². The van der Waals surface area contributed by atoms with E-state index in [0.717, 1.165) is 31.5 Å². The van der Waals surface area contributed by atoms with E-state index in [1.807, 2.05) is 30.3 Å². The van der Waals surface area contributed by atoms with Gasteiger partial charge in [0.25, 0.3) is 0 Å². The summed E-state index contributed by atoms with van der Waals surface area (Å²) in [6, 6.07) is 9.95. The van der Waals surface area contributed by atoms with Crippen molar-refractivity contribution in [3.63, 3.8) is 0 Å². The Morgan fingerprint density at radius 2 is 1.65 bits per heavy atom. The fourth-order valence-corrected chi connectivity index (χ4v) is 2.42. The second-order valence-corrected chi connectivity index (χ2v) is 4.47. The molecule has 1 aromatic rings. The lowest BCUT2D eigenvalue weighted by atomic mass is 9.73. The minimum atomic E-state index is -1.83. The van der Waals surface area contributed by atoms with Crippen molar-refractivity contribution < 1.29 is 24.5 Å². The van der Waals surface area contributed by atoms with Crippen molar-refractivity contribution >= 4 is 12.1 Å². The second-order valence-electron chi connectivity index (χ2n) is 4.47. The van der Waals surface area contributed by atoms with Gasteiger partial charge in [-0.05, 0) is 31.5 Å². The summed E-state index contributed by atoms with van der Waals surface area (Å²) in [4.78, 5) is 20.6. The summed E-state index contributed by atoms with van der Waals surface area (Å²) in [6.07, 6.45) is -0.215. The molecule has 1 fully saturated rings. The smallest absolute Gasteiger partial charge is 0.468 e. The largest absolute Gasteiger partial charge is 0.503 e. The number of esters is 1. The number of piperidine rings is 1. The molecule has 1 aliphatic heterocycles. The zero-order valence-corrected chi connectivity index (χ0v) is 11.3. The van der Waals surface area contributed by atoms with Crippen LogP contribution in [0.1, 0.15) is 18.4 Å². The van der Waals surface area contributed by atoms with E-state index in [0.29, 0.717) is 0 Å². The van der Waals surface area contributed by atoms with Crippen molar-refractivity contribution in [3.8, 4) is 0 Å². The first kappa shape index (κ1) is 16.0. The molecule has 6 nitrogen and oxygen atoms in total. The molecular weight excluding hydrogens is 262 g/mol. The van der Waals surface area contributed by atoms with Crippen molar-refractivity contribution in [2.45, 2.75) is 18.3 Å². The van der Waals surface area contributed by atoms with Crippen molar-refractivity contribution in [1.29, 1.82) is 0 Å². The van der Waals surface area contributed by atoms with E-state index in [2.05, 4.69) is 5.32 Å². The van der Waals surface area contributed by atoms with Gasteiger partial charge in [-0.3, -0.25) is 4.79 Å². The molecule has 0 saturated carbocycles. The molecule has 0 aromatic heterocycles. The monoisotopic (exact) mass is 281 g/mol. The van der Waals surface area contributed by atoms with Gasteiger partial charge in [-0.15, -0.1) is 0 Å². The predicted octanol–water partition coefficient (Wildman–Crippen LogP) is 1.70. The summed E-state index contributed by atoms with van der Waals surface area (Å²) in [5.74, 6) is -0.111. The quantitative estimate of drug-likeness (QED) is 0.714. The van der Waals surface area contributed by atoms with Crippen molar-refractivity contribution in [2.75, 3.05) is 20.2 Å². The predicted molar refractivity (Wildman–Crippen MR) is 72.9 cm³/mol. The van der Waals surface area contributed by atoms with Crippen LogP contribution >= 0.6 is 0 Å². The minimum absolute atomic E-state index is 0.111. The van der Waals surface area contributed by atoms with Crippen LogP contribution in [0.2, 0.25) is 0 Å². The Hall–Kier alpha value is -2.08. The van der Waals surface area contributed by atoms with Crippen LogP contribution in [0.3, 0.4) is 0 Å². The Kier molecular flexibility index (Phi) is 5.99. The molecule has 1 saturated heterocycles. The summed E-state index contributed by atoms with van der Waals surface area (Å²) >= 11 is 0. The molecule has 0 amide bonds. The number of rotatable bonds is 2. The Balaban J connectivity index is 0.000000444. The van der Waals surface area contributed by atoms with E-state index in [1.165, 1.54) is 7.11 Å². The summed E-state index contributed by atoms with van der Waals surface area (Å²) in [6.45, 7) is 1.73. The number of hydrogen-bond donors (Lipinski definition) is 3. The molecule has 6 heteroatoms. The molecule has 1 aliphatic rings. The van der Waals surface area contributed by atoms with Gasteiger partial charge < -0.3 is 20.3 Å². The zero-order valence-electron chi connectivity index (χ0n) is 11.3. The fraction of sp³-hybridized carbons (Fsp3) is 0.429. The van der Waals surface area contributed by atoms with Gasteiger partial charge in [-0.1, -0.05) is 30.3 Å². The van der Waals surface area contributed by atoms with Gasteiger partial charge in [0.1, 0.15) is 0 Å². The van der Waals surface area contributed by atoms with E-state index < -0.39 is 11.6 Å². The molecule has 3 N–H and O–H groups in total. The van der Waals surface area contributed by atoms with Gasteiger partial charge in [0.05, 0.1) is 12.5 Å². The van der Waals surface area contributed by atoms with Crippen LogP contribution in [0.25, 0.3) is 0 Å². The SMILES string of the molecule is COC(=O)C1(c2ccccc2)CCNCC1.O=C(O)O. The molecule has 0 aliphatic carbocycles. The second kappa shape index (κ2) is 7.49. The van der Waals surface area contributed by atoms with Crippen LogP contribution in [0.5, 0.6) is 0 Å². The number of carboxylic acid groups (broad SMARTS) is 2. The van der Waals surface area contributed by atoms with Gasteiger partial charge in [-0.2, -0.15) is 0 Å². The molecule has 0 bridgehead atoms. The third-order valence-corrected chi connectivity index (χ3v) is 3.36. The number of hydrogen-bond acceptors (Lipinski definition) is 4. The zero-order chi connectivity index (χ0) is 15.0. The standard InChI is InChI=1S/C13H17NO2.CH2O3/c1-16-12(15)13(7-9-14-10-8-13)11-5-3-2-4-6-11;2-1(3)4/h2-6,14H,7-10H2,1H3;(H2,2,3,4). The van der Waals surface area contributed by atoms with Crippen LogP contribution in [-0.4, -0.2) is 42.5 Å². The highest BCUT2D eigenvalue weighted by Crippen LogP contribution is 2.34. The molecular formula is C14H19NO5. The van der Waals surface area contributed by atoms with Crippen LogP contribution < -0.4 is 5.32 Å². The third-order valence-electron chi connectivity index (χ3n) is 3.36. The first-order chi connectivity index (χ1) is 9.53.